The molecule has 102 valence electrons. The number of carbonyl (C=O) groups excluding carboxylic acids is 2. The molecule has 1 saturated heterocycles. The molecule has 2 rings (SSSR count). The third-order valence-electron chi connectivity index (χ3n) is 3.28. The Hall–Kier alpha value is -2.04. The molecule has 2 amide bonds. The molecule has 1 aliphatic rings. The van der Waals surface area contributed by atoms with Crippen LogP contribution in [0.2, 0.25) is 0 Å². The Labute approximate surface area is 112 Å². The highest BCUT2D eigenvalue weighted by Crippen LogP contribution is 2.16. The van der Waals surface area contributed by atoms with E-state index >= 15 is 0 Å². The number of nitrogens with zero attached hydrogens (tertiary/aromatic N) is 2. The van der Waals surface area contributed by atoms with Crippen LogP contribution in [0.4, 0.5) is 4.79 Å². The zero-order chi connectivity index (χ0) is 13.8. The summed E-state index contributed by atoms with van der Waals surface area (Å²) < 4.78 is 5.39. The molecule has 5 nitrogen and oxygen atoms in total. The van der Waals surface area contributed by atoms with Crippen LogP contribution >= 0.6 is 0 Å². The first-order chi connectivity index (χ1) is 9.13. The second-order valence-electron chi connectivity index (χ2n) is 4.49. The average Bonchev–Trinajstić information content (AvgIpc) is 2.45. The summed E-state index contributed by atoms with van der Waals surface area (Å²) in [5.74, 6) is -0.393. The Bertz CT molecular complexity index is 461. The number of carbonyl (C=O) groups is 2. The van der Waals surface area contributed by atoms with Crippen molar-refractivity contribution in [3.05, 3.63) is 35.9 Å². The van der Waals surface area contributed by atoms with Crippen molar-refractivity contribution in [2.45, 2.75) is 19.6 Å². The Morgan fingerprint density at radius 2 is 2.05 bits per heavy atom. The number of hydrogen-bond acceptors (Lipinski definition) is 3. The van der Waals surface area contributed by atoms with Gasteiger partial charge in [-0.2, -0.15) is 0 Å². The van der Waals surface area contributed by atoms with Crippen LogP contribution < -0.4 is 0 Å². The van der Waals surface area contributed by atoms with Crippen LogP contribution in [0, 0.1) is 0 Å². The minimum atomic E-state index is -0.483. The van der Waals surface area contributed by atoms with Crippen molar-refractivity contribution in [1.82, 2.24) is 9.80 Å². The number of urea groups is 1. The number of esters is 1. The van der Waals surface area contributed by atoms with Crippen LogP contribution in [-0.4, -0.2) is 48.2 Å². The van der Waals surface area contributed by atoms with E-state index in [0.29, 0.717) is 25.1 Å². The van der Waals surface area contributed by atoms with Gasteiger partial charge in [-0.1, -0.05) is 18.2 Å². The summed E-state index contributed by atoms with van der Waals surface area (Å²) >= 11 is 0. The first kappa shape index (κ1) is 13.4. The number of rotatable bonds is 3. The Balaban J connectivity index is 2.00. The Kier molecular flexibility index (Phi) is 4.04. The summed E-state index contributed by atoms with van der Waals surface area (Å²) in [5, 5.41) is 0. The Morgan fingerprint density at radius 1 is 1.37 bits per heavy atom. The number of benzene rings is 1. The molecule has 1 aromatic carbocycles. The molecule has 1 aromatic rings. The van der Waals surface area contributed by atoms with Crippen molar-refractivity contribution in [2.24, 2.45) is 0 Å². The quantitative estimate of drug-likeness (QED) is 0.782. The normalized spacial score (nSPS) is 19.5. The molecule has 1 unspecified atom stereocenters. The van der Waals surface area contributed by atoms with E-state index in [1.54, 1.807) is 36.2 Å². The summed E-state index contributed by atoms with van der Waals surface area (Å²) in [4.78, 5) is 27.1. The summed E-state index contributed by atoms with van der Waals surface area (Å²) in [6.45, 7) is 3.22. The largest absolute Gasteiger partial charge is 0.438 e. The van der Waals surface area contributed by atoms with E-state index in [4.69, 9.17) is 4.74 Å². The molecule has 1 fully saturated rings. The molecule has 0 aliphatic carbocycles. The highest BCUT2D eigenvalue weighted by Gasteiger charge is 2.32. The van der Waals surface area contributed by atoms with Crippen LogP contribution in [-0.2, 0) is 4.74 Å². The van der Waals surface area contributed by atoms with Gasteiger partial charge >= 0.3 is 12.0 Å². The second-order valence-corrected chi connectivity index (χ2v) is 4.49. The first-order valence-electron chi connectivity index (χ1n) is 6.41. The molecule has 0 saturated carbocycles. The van der Waals surface area contributed by atoms with Crippen LogP contribution in [0.5, 0.6) is 0 Å². The molecule has 1 heterocycles. The van der Waals surface area contributed by atoms with Gasteiger partial charge in [0, 0.05) is 26.6 Å². The van der Waals surface area contributed by atoms with Crippen molar-refractivity contribution < 1.29 is 14.3 Å². The highest BCUT2D eigenvalue weighted by molar-refractivity contribution is 5.89. The lowest BCUT2D eigenvalue weighted by molar-refractivity contribution is -0.0326. The maximum Gasteiger partial charge on any atom is 0.340 e. The molecule has 5 heteroatoms. The molecule has 0 aromatic heterocycles. The third kappa shape index (κ3) is 2.86. The molecule has 0 bridgehead atoms. The predicted molar refractivity (Wildman–Crippen MR) is 70.7 cm³/mol. The standard InChI is InChI=1S/C14H18N2O3/c1-3-16-10-9-12(15(2)14(16)18)19-13(17)11-7-5-4-6-8-11/h4-8,12H,3,9-10H2,1-2H3. The van der Waals surface area contributed by atoms with E-state index in [1.807, 2.05) is 13.0 Å². The topological polar surface area (TPSA) is 49.9 Å². The fourth-order valence-corrected chi connectivity index (χ4v) is 2.10. The number of hydrogen-bond donors (Lipinski definition) is 0. The molecule has 1 atom stereocenters. The maximum absolute atomic E-state index is 11.9. The van der Waals surface area contributed by atoms with E-state index in [9.17, 15) is 9.59 Å². The molecule has 1 aliphatic heterocycles. The summed E-state index contributed by atoms with van der Waals surface area (Å²) in [6.07, 6.45) is 0.150. The van der Waals surface area contributed by atoms with Gasteiger partial charge in [0.1, 0.15) is 0 Å². The van der Waals surface area contributed by atoms with E-state index in [2.05, 4.69) is 0 Å². The number of ether oxygens (including phenoxy) is 1. The lowest BCUT2D eigenvalue weighted by Crippen LogP contribution is -2.53. The zero-order valence-corrected chi connectivity index (χ0v) is 11.2. The lowest BCUT2D eigenvalue weighted by Gasteiger charge is -2.38. The lowest BCUT2D eigenvalue weighted by atomic mass is 10.2. The van der Waals surface area contributed by atoms with Crippen LogP contribution in [0.3, 0.4) is 0 Å². The highest BCUT2D eigenvalue weighted by atomic mass is 16.6. The first-order valence-corrected chi connectivity index (χ1v) is 6.41. The molecule has 0 spiro atoms. The summed E-state index contributed by atoms with van der Waals surface area (Å²) in [5.41, 5.74) is 0.501. The SMILES string of the molecule is CCN1CCC(OC(=O)c2ccccc2)N(C)C1=O. The van der Waals surface area contributed by atoms with Gasteiger partial charge in [-0.05, 0) is 19.1 Å². The van der Waals surface area contributed by atoms with E-state index in [0.717, 1.165) is 0 Å². The molecule has 0 N–H and O–H groups in total. The van der Waals surface area contributed by atoms with Gasteiger partial charge < -0.3 is 9.64 Å². The van der Waals surface area contributed by atoms with E-state index in [-0.39, 0.29) is 6.03 Å². The van der Waals surface area contributed by atoms with Crippen LogP contribution in [0.1, 0.15) is 23.7 Å². The summed E-state index contributed by atoms with van der Waals surface area (Å²) in [6, 6.07) is 8.71. The van der Waals surface area contributed by atoms with E-state index < -0.39 is 12.2 Å². The van der Waals surface area contributed by atoms with Gasteiger partial charge in [0.15, 0.2) is 6.23 Å². The fraction of sp³-hybridized carbons (Fsp3) is 0.429. The van der Waals surface area contributed by atoms with E-state index in [1.165, 1.54) is 4.90 Å². The minimum absolute atomic E-state index is 0.0976. The monoisotopic (exact) mass is 262 g/mol. The molecular formula is C14H18N2O3. The Morgan fingerprint density at radius 3 is 2.68 bits per heavy atom. The second kappa shape index (κ2) is 5.73. The predicted octanol–water partition coefficient (Wildman–Crippen LogP) is 1.95. The minimum Gasteiger partial charge on any atom is -0.438 e. The van der Waals surface area contributed by atoms with Crippen molar-refractivity contribution in [3.63, 3.8) is 0 Å². The van der Waals surface area contributed by atoms with Gasteiger partial charge in [-0.3, -0.25) is 4.90 Å². The average molecular weight is 262 g/mol. The van der Waals surface area contributed by atoms with Crippen molar-refractivity contribution in [2.75, 3.05) is 20.1 Å². The van der Waals surface area contributed by atoms with Gasteiger partial charge in [0.25, 0.3) is 0 Å². The van der Waals surface area contributed by atoms with Crippen LogP contribution in [0.25, 0.3) is 0 Å². The summed E-state index contributed by atoms with van der Waals surface area (Å²) in [7, 11) is 1.66. The van der Waals surface area contributed by atoms with Gasteiger partial charge in [-0.25, -0.2) is 9.59 Å². The number of amides is 2. The fourth-order valence-electron chi connectivity index (χ4n) is 2.10. The van der Waals surface area contributed by atoms with Crippen molar-refractivity contribution >= 4 is 12.0 Å². The van der Waals surface area contributed by atoms with Gasteiger partial charge in [0.2, 0.25) is 0 Å². The van der Waals surface area contributed by atoms with Crippen LogP contribution in [0.15, 0.2) is 30.3 Å². The molecule has 19 heavy (non-hydrogen) atoms. The maximum atomic E-state index is 11.9. The molecule has 0 radical (unpaired) electrons. The van der Waals surface area contributed by atoms with Gasteiger partial charge in [-0.15, -0.1) is 0 Å². The van der Waals surface area contributed by atoms with Gasteiger partial charge in [0.05, 0.1) is 5.56 Å². The smallest absolute Gasteiger partial charge is 0.340 e. The van der Waals surface area contributed by atoms with Crippen molar-refractivity contribution in [1.29, 1.82) is 0 Å². The van der Waals surface area contributed by atoms with Crippen molar-refractivity contribution in [3.8, 4) is 0 Å². The molecular weight excluding hydrogens is 244 g/mol. The zero-order valence-electron chi connectivity index (χ0n) is 11.2. The third-order valence-corrected chi connectivity index (χ3v) is 3.28.